The molecule has 0 aromatic heterocycles. The van der Waals surface area contributed by atoms with E-state index in [2.05, 4.69) is 26.0 Å². The first-order valence-electron chi connectivity index (χ1n) is 8.85. The van der Waals surface area contributed by atoms with Crippen LogP contribution in [0.15, 0.2) is 12.2 Å². The van der Waals surface area contributed by atoms with E-state index in [-0.39, 0.29) is 0 Å². The molecular formula is C19H29F. The van der Waals surface area contributed by atoms with Crippen molar-refractivity contribution in [2.24, 2.45) is 34.5 Å². The molecular weight excluding hydrogens is 247 g/mol. The summed E-state index contributed by atoms with van der Waals surface area (Å²) in [5, 5.41) is 0. The average molecular weight is 276 g/mol. The Hall–Kier alpha value is -0.330. The quantitative estimate of drug-likeness (QED) is 0.510. The van der Waals surface area contributed by atoms with Crippen LogP contribution >= 0.6 is 0 Å². The Labute approximate surface area is 123 Å². The number of allylic oxidation sites excluding steroid dienone is 2. The molecule has 0 spiro atoms. The second-order valence-electron chi connectivity index (χ2n) is 8.71. The van der Waals surface area contributed by atoms with Crippen LogP contribution in [0.25, 0.3) is 0 Å². The van der Waals surface area contributed by atoms with Crippen LogP contribution < -0.4 is 0 Å². The van der Waals surface area contributed by atoms with Gasteiger partial charge in [0, 0.05) is 0 Å². The molecule has 0 radical (unpaired) electrons. The monoisotopic (exact) mass is 276 g/mol. The minimum atomic E-state index is -0.508. The second-order valence-corrected chi connectivity index (χ2v) is 8.71. The number of fused-ring (bicyclic) bond motifs is 5. The third kappa shape index (κ3) is 1.70. The number of rotatable bonds is 0. The van der Waals surface area contributed by atoms with Crippen molar-refractivity contribution in [1.29, 1.82) is 0 Å². The van der Waals surface area contributed by atoms with E-state index in [9.17, 15) is 4.39 Å². The summed E-state index contributed by atoms with van der Waals surface area (Å²) in [5.41, 5.74) is 0.942. The van der Waals surface area contributed by atoms with Crippen LogP contribution in [0.4, 0.5) is 4.39 Å². The molecule has 0 aliphatic heterocycles. The number of hydrogen-bond donors (Lipinski definition) is 0. The van der Waals surface area contributed by atoms with Crippen molar-refractivity contribution in [3.05, 3.63) is 12.2 Å². The number of alkyl halides is 1. The first-order chi connectivity index (χ1) is 9.53. The molecule has 0 saturated heterocycles. The van der Waals surface area contributed by atoms with Crippen molar-refractivity contribution in [2.75, 3.05) is 0 Å². The minimum Gasteiger partial charge on any atom is -0.247 e. The molecule has 0 unspecified atom stereocenters. The van der Waals surface area contributed by atoms with Gasteiger partial charge < -0.3 is 0 Å². The summed E-state index contributed by atoms with van der Waals surface area (Å²) in [7, 11) is 0. The average Bonchev–Trinajstić information content (AvgIpc) is 2.81. The fourth-order valence-corrected chi connectivity index (χ4v) is 6.69. The minimum absolute atomic E-state index is 0.454. The van der Waals surface area contributed by atoms with Gasteiger partial charge in [0.15, 0.2) is 0 Å². The largest absolute Gasteiger partial charge is 0.247 e. The predicted molar refractivity (Wildman–Crippen MR) is 81.1 cm³/mol. The summed E-state index contributed by atoms with van der Waals surface area (Å²) < 4.78 is 13.8. The summed E-state index contributed by atoms with van der Waals surface area (Å²) in [5.74, 6) is 3.36. The summed E-state index contributed by atoms with van der Waals surface area (Å²) in [6, 6.07) is 0. The molecule has 1 heteroatoms. The molecule has 4 aliphatic carbocycles. The van der Waals surface area contributed by atoms with Crippen molar-refractivity contribution in [3.8, 4) is 0 Å². The van der Waals surface area contributed by atoms with Gasteiger partial charge in [-0.3, -0.25) is 0 Å². The van der Waals surface area contributed by atoms with Gasteiger partial charge in [-0.1, -0.05) is 26.0 Å². The molecule has 0 N–H and O–H groups in total. The van der Waals surface area contributed by atoms with Crippen molar-refractivity contribution >= 4 is 0 Å². The Morgan fingerprint density at radius 2 is 1.85 bits per heavy atom. The molecule has 0 heterocycles. The molecule has 0 amide bonds. The van der Waals surface area contributed by atoms with Gasteiger partial charge in [0.05, 0.1) is 0 Å². The summed E-state index contributed by atoms with van der Waals surface area (Å²) in [6.07, 6.45) is 14.0. The normalized spacial score (nSPS) is 57.9. The molecule has 3 saturated carbocycles. The molecule has 7 atom stereocenters. The zero-order valence-corrected chi connectivity index (χ0v) is 13.1. The van der Waals surface area contributed by atoms with Crippen LogP contribution in [0.3, 0.4) is 0 Å². The van der Waals surface area contributed by atoms with E-state index < -0.39 is 6.17 Å². The smallest absolute Gasteiger partial charge is 0.100 e. The molecule has 20 heavy (non-hydrogen) atoms. The van der Waals surface area contributed by atoms with Crippen molar-refractivity contribution in [3.63, 3.8) is 0 Å². The van der Waals surface area contributed by atoms with Crippen LogP contribution in [0.1, 0.15) is 65.2 Å². The van der Waals surface area contributed by atoms with E-state index >= 15 is 0 Å². The topological polar surface area (TPSA) is 0 Å². The van der Waals surface area contributed by atoms with E-state index in [0.29, 0.717) is 16.7 Å². The Kier molecular flexibility index (Phi) is 2.89. The van der Waals surface area contributed by atoms with E-state index in [4.69, 9.17) is 0 Å². The maximum Gasteiger partial charge on any atom is 0.100 e. The lowest BCUT2D eigenvalue weighted by Gasteiger charge is -2.60. The highest BCUT2D eigenvalue weighted by Crippen LogP contribution is 2.65. The third-order valence-electron chi connectivity index (χ3n) is 7.93. The predicted octanol–water partition coefficient (Wildman–Crippen LogP) is 5.53. The van der Waals surface area contributed by atoms with Crippen LogP contribution in [0.5, 0.6) is 0 Å². The van der Waals surface area contributed by atoms with Gasteiger partial charge in [0.1, 0.15) is 6.17 Å². The van der Waals surface area contributed by atoms with Crippen LogP contribution in [0, 0.1) is 34.5 Å². The highest BCUT2D eigenvalue weighted by atomic mass is 19.1. The van der Waals surface area contributed by atoms with Crippen LogP contribution in [-0.4, -0.2) is 6.17 Å². The fraction of sp³-hybridized carbons (Fsp3) is 0.895. The lowest BCUT2D eigenvalue weighted by molar-refractivity contribution is -0.108. The lowest BCUT2D eigenvalue weighted by atomic mass is 9.45. The first kappa shape index (κ1) is 13.3. The zero-order chi connectivity index (χ0) is 14.0. The fourth-order valence-electron chi connectivity index (χ4n) is 6.69. The van der Waals surface area contributed by atoms with Gasteiger partial charge >= 0.3 is 0 Å². The maximum absolute atomic E-state index is 13.8. The first-order valence-corrected chi connectivity index (χ1v) is 8.85. The molecule has 0 bridgehead atoms. The molecule has 4 rings (SSSR count). The maximum atomic E-state index is 13.8. The van der Waals surface area contributed by atoms with Gasteiger partial charge in [-0.2, -0.15) is 0 Å². The molecule has 4 aliphatic rings. The van der Waals surface area contributed by atoms with Gasteiger partial charge in [-0.05, 0) is 85.9 Å². The summed E-state index contributed by atoms with van der Waals surface area (Å²) >= 11 is 0. The van der Waals surface area contributed by atoms with Gasteiger partial charge in [-0.15, -0.1) is 0 Å². The molecule has 3 fully saturated rings. The van der Waals surface area contributed by atoms with E-state index in [1.165, 1.54) is 32.1 Å². The molecule has 0 aromatic carbocycles. The Balaban J connectivity index is 1.63. The third-order valence-corrected chi connectivity index (χ3v) is 7.93. The van der Waals surface area contributed by atoms with Gasteiger partial charge in [0.2, 0.25) is 0 Å². The van der Waals surface area contributed by atoms with Crippen molar-refractivity contribution < 1.29 is 4.39 Å². The van der Waals surface area contributed by atoms with Crippen LogP contribution in [0.2, 0.25) is 0 Å². The van der Waals surface area contributed by atoms with E-state index in [0.717, 1.165) is 37.0 Å². The number of hydrogen-bond acceptors (Lipinski definition) is 0. The zero-order valence-electron chi connectivity index (χ0n) is 13.1. The Morgan fingerprint density at radius 3 is 2.70 bits per heavy atom. The Morgan fingerprint density at radius 1 is 1.00 bits per heavy atom. The van der Waals surface area contributed by atoms with Crippen LogP contribution in [-0.2, 0) is 0 Å². The van der Waals surface area contributed by atoms with Crippen molar-refractivity contribution in [2.45, 2.75) is 71.4 Å². The molecule has 0 nitrogen and oxygen atoms in total. The molecule has 112 valence electrons. The SMILES string of the molecule is C[C@]12CC[C@@H](F)C[C@@H]1CC[C@@H]1[C@@H]2CC[C@]2(C)C=CC[C@@H]12. The Bertz CT molecular complexity index is 427. The summed E-state index contributed by atoms with van der Waals surface area (Å²) in [6.45, 7) is 5.01. The standard InChI is InChI=1S/C19H29F/c1-18-9-3-4-16(18)15-6-5-13-12-14(20)7-11-19(13,2)17(15)8-10-18/h3,9,13-17H,4-8,10-12H2,1-2H3/t13-,14+,15-,16-,17-,18-,19-/m0/s1. The lowest BCUT2D eigenvalue weighted by Crippen LogP contribution is -2.52. The highest BCUT2D eigenvalue weighted by molar-refractivity contribution is 5.16. The molecule has 0 aromatic rings. The van der Waals surface area contributed by atoms with Crippen molar-refractivity contribution in [1.82, 2.24) is 0 Å². The van der Waals surface area contributed by atoms with Gasteiger partial charge in [0.25, 0.3) is 0 Å². The number of halogens is 1. The summed E-state index contributed by atoms with van der Waals surface area (Å²) in [4.78, 5) is 0. The van der Waals surface area contributed by atoms with Gasteiger partial charge in [-0.25, -0.2) is 4.39 Å². The van der Waals surface area contributed by atoms with E-state index in [1.807, 2.05) is 0 Å². The van der Waals surface area contributed by atoms with E-state index in [1.54, 1.807) is 0 Å². The highest BCUT2D eigenvalue weighted by Gasteiger charge is 2.56. The second kappa shape index (κ2) is 4.34.